The maximum Gasteiger partial charge on any atom is 0.414 e. The number of nitriles is 1. The van der Waals surface area contributed by atoms with Gasteiger partial charge < -0.3 is 4.74 Å². The summed E-state index contributed by atoms with van der Waals surface area (Å²) in [4.78, 5) is 13.4. The van der Waals surface area contributed by atoms with E-state index in [1.54, 1.807) is 18.2 Å². The number of hydrogen-bond donors (Lipinski definition) is 0. The Bertz CT molecular complexity index is 883. The van der Waals surface area contributed by atoms with E-state index in [-0.39, 0.29) is 0 Å². The van der Waals surface area contributed by atoms with Crippen molar-refractivity contribution in [2.45, 2.75) is 0 Å². The molecule has 1 amide bonds. The van der Waals surface area contributed by atoms with Crippen molar-refractivity contribution < 1.29 is 9.53 Å². The number of hydrogen-bond acceptors (Lipinski definition) is 3. The van der Waals surface area contributed by atoms with Gasteiger partial charge in [-0.2, -0.15) is 5.26 Å². The summed E-state index contributed by atoms with van der Waals surface area (Å²) >= 11 is 0. The lowest BCUT2D eigenvalue weighted by atomic mass is 10.1. The highest BCUT2D eigenvalue weighted by atomic mass is 16.6. The van der Waals surface area contributed by atoms with E-state index in [0.717, 1.165) is 5.56 Å². The van der Waals surface area contributed by atoms with E-state index in [1.165, 1.54) is 4.90 Å². The molecule has 0 aliphatic carbocycles. The van der Waals surface area contributed by atoms with Crippen LogP contribution in [0.4, 0.5) is 4.79 Å². The average Bonchev–Trinajstić information content (AvgIpc) is 3.05. The molecular weight excluding hydrogens is 300 g/mol. The topological polar surface area (TPSA) is 53.3 Å². The van der Waals surface area contributed by atoms with E-state index in [1.807, 2.05) is 42.5 Å². The first-order valence-corrected chi connectivity index (χ1v) is 7.50. The van der Waals surface area contributed by atoms with Crippen molar-refractivity contribution in [2.24, 2.45) is 0 Å². The van der Waals surface area contributed by atoms with Crippen LogP contribution in [0.3, 0.4) is 0 Å². The predicted octanol–water partition coefficient (Wildman–Crippen LogP) is 3.40. The van der Waals surface area contributed by atoms with Crippen molar-refractivity contribution in [2.75, 3.05) is 13.2 Å². The lowest BCUT2D eigenvalue weighted by Crippen LogP contribution is -2.22. The Kier molecular flexibility index (Phi) is 4.60. The van der Waals surface area contributed by atoms with Crippen LogP contribution in [0.15, 0.2) is 60.3 Å². The molecule has 0 bridgehead atoms. The molecule has 4 heteroatoms. The van der Waals surface area contributed by atoms with E-state index in [9.17, 15) is 4.79 Å². The summed E-state index contributed by atoms with van der Waals surface area (Å²) in [6.07, 6.45) is 1.44. The van der Waals surface area contributed by atoms with Crippen molar-refractivity contribution in [1.29, 1.82) is 5.26 Å². The summed E-state index contributed by atoms with van der Waals surface area (Å²) in [5, 5.41) is 9.16. The fourth-order valence-corrected chi connectivity index (χ4v) is 2.32. The molecule has 4 nitrogen and oxygen atoms in total. The molecule has 0 unspecified atom stereocenters. The first-order chi connectivity index (χ1) is 11.8. The van der Waals surface area contributed by atoms with E-state index in [4.69, 9.17) is 10.00 Å². The van der Waals surface area contributed by atoms with Gasteiger partial charge in [-0.3, -0.25) is 4.90 Å². The van der Waals surface area contributed by atoms with Crippen LogP contribution in [0.1, 0.15) is 16.7 Å². The van der Waals surface area contributed by atoms with Gasteiger partial charge in [-0.15, -0.1) is 0 Å². The molecule has 2 aromatic rings. The Hall–Kier alpha value is -3.50. The first-order valence-electron chi connectivity index (χ1n) is 7.50. The highest BCUT2D eigenvalue weighted by molar-refractivity contribution is 5.76. The average molecular weight is 314 g/mol. The maximum atomic E-state index is 11.9. The standard InChI is InChI=1S/C20H14N2O2/c21-15-18-9-5-4-8-17(18)10-11-19(22-12-13-24-20(22)23)14-16-6-2-1-3-7-16/h1-9,14H,12-13H2/b19-14-. The number of cyclic esters (lactones) is 1. The summed E-state index contributed by atoms with van der Waals surface area (Å²) in [6.45, 7) is 0.813. The maximum absolute atomic E-state index is 11.9. The summed E-state index contributed by atoms with van der Waals surface area (Å²) in [5.74, 6) is 6.01. The molecule has 0 aromatic heterocycles. The van der Waals surface area contributed by atoms with Gasteiger partial charge in [0.2, 0.25) is 0 Å². The number of amides is 1. The molecule has 1 heterocycles. The van der Waals surface area contributed by atoms with Crippen molar-refractivity contribution in [1.82, 2.24) is 4.90 Å². The van der Waals surface area contributed by atoms with Gasteiger partial charge in [0, 0.05) is 5.56 Å². The highest BCUT2D eigenvalue weighted by Crippen LogP contribution is 2.16. The largest absolute Gasteiger partial charge is 0.447 e. The zero-order valence-corrected chi connectivity index (χ0v) is 12.9. The number of nitrogens with zero attached hydrogens (tertiary/aromatic N) is 2. The smallest absolute Gasteiger partial charge is 0.414 e. The molecule has 0 radical (unpaired) electrons. The van der Waals surface area contributed by atoms with E-state index >= 15 is 0 Å². The van der Waals surface area contributed by atoms with Crippen LogP contribution in [0.2, 0.25) is 0 Å². The van der Waals surface area contributed by atoms with Crippen molar-refractivity contribution in [3.05, 3.63) is 77.0 Å². The Morgan fingerprint density at radius 1 is 1.08 bits per heavy atom. The number of ether oxygens (including phenoxy) is 1. The molecule has 1 saturated heterocycles. The molecule has 0 N–H and O–H groups in total. The van der Waals surface area contributed by atoms with Gasteiger partial charge in [0.25, 0.3) is 0 Å². The Balaban J connectivity index is 2.01. The fraction of sp³-hybridized carbons (Fsp3) is 0.100. The van der Waals surface area contributed by atoms with Crippen molar-refractivity contribution in [3.63, 3.8) is 0 Å². The Labute approximate surface area is 140 Å². The van der Waals surface area contributed by atoms with Gasteiger partial charge in [0.15, 0.2) is 0 Å². The van der Waals surface area contributed by atoms with Gasteiger partial charge in [-0.05, 0) is 29.7 Å². The monoisotopic (exact) mass is 314 g/mol. The molecule has 1 aliphatic rings. The number of rotatable bonds is 2. The van der Waals surface area contributed by atoms with Crippen LogP contribution < -0.4 is 0 Å². The van der Waals surface area contributed by atoms with Crippen LogP contribution in [-0.2, 0) is 4.74 Å². The predicted molar refractivity (Wildman–Crippen MR) is 90.5 cm³/mol. The summed E-state index contributed by atoms with van der Waals surface area (Å²) < 4.78 is 5.01. The summed E-state index contributed by atoms with van der Waals surface area (Å²) in [6, 6.07) is 18.9. The second kappa shape index (κ2) is 7.17. The quantitative estimate of drug-likeness (QED) is 0.798. The van der Waals surface area contributed by atoms with Crippen LogP contribution in [0.25, 0.3) is 6.08 Å². The molecule has 0 saturated carbocycles. The van der Waals surface area contributed by atoms with E-state index in [0.29, 0.717) is 30.0 Å². The molecular formula is C20H14N2O2. The van der Waals surface area contributed by atoms with Gasteiger partial charge in [-0.1, -0.05) is 48.4 Å². The van der Waals surface area contributed by atoms with Crippen LogP contribution in [-0.4, -0.2) is 24.1 Å². The molecule has 24 heavy (non-hydrogen) atoms. The number of carbonyl (C=O) groups excluding carboxylic acids is 1. The second-order valence-corrected chi connectivity index (χ2v) is 5.11. The number of allylic oxidation sites excluding steroid dienone is 1. The molecule has 1 aliphatic heterocycles. The third kappa shape index (κ3) is 3.45. The minimum absolute atomic E-state index is 0.349. The van der Waals surface area contributed by atoms with Gasteiger partial charge in [-0.25, -0.2) is 4.79 Å². The Morgan fingerprint density at radius 3 is 2.46 bits per heavy atom. The lowest BCUT2D eigenvalue weighted by Gasteiger charge is -2.12. The minimum Gasteiger partial charge on any atom is -0.447 e. The normalized spacial score (nSPS) is 13.7. The zero-order valence-electron chi connectivity index (χ0n) is 12.9. The molecule has 116 valence electrons. The second-order valence-electron chi connectivity index (χ2n) is 5.11. The van der Waals surface area contributed by atoms with Gasteiger partial charge in [0.05, 0.1) is 17.8 Å². The van der Waals surface area contributed by atoms with Crippen LogP contribution in [0.5, 0.6) is 0 Å². The summed E-state index contributed by atoms with van der Waals surface area (Å²) in [7, 11) is 0. The minimum atomic E-state index is -0.403. The molecule has 3 rings (SSSR count). The molecule has 0 atom stereocenters. The number of carbonyl (C=O) groups is 1. The SMILES string of the molecule is N#Cc1ccccc1C#C/C(=C/c1ccccc1)N1CCOC1=O. The first kappa shape index (κ1) is 15.4. The number of benzene rings is 2. The van der Waals surface area contributed by atoms with Crippen LogP contribution in [0, 0.1) is 23.2 Å². The Morgan fingerprint density at radius 2 is 1.79 bits per heavy atom. The highest BCUT2D eigenvalue weighted by Gasteiger charge is 2.24. The molecule has 1 fully saturated rings. The van der Waals surface area contributed by atoms with E-state index in [2.05, 4.69) is 17.9 Å². The molecule has 2 aromatic carbocycles. The zero-order chi connectivity index (χ0) is 16.8. The third-order valence-corrected chi connectivity index (χ3v) is 3.53. The molecule has 0 spiro atoms. The summed E-state index contributed by atoms with van der Waals surface area (Å²) in [5.41, 5.74) is 2.63. The van der Waals surface area contributed by atoms with Gasteiger partial charge >= 0.3 is 6.09 Å². The van der Waals surface area contributed by atoms with Crippen LogP contribution >= 0.6 is 0 Å². The third-order valence-electron chi connectivity index (χ3n) is 3.53. The van der Waals surface area contributed by atoms with Crippen molar-refractivity contribution in [3.8, 4) is 17.9 Å². The van der Waals surface area contributed by atoms with Gasteiger partial charge in [0.1, 0.15) is 12.7 Å². The lowest BCUT2D eigenvalue weighted by molar-refractivity contribution is 0.165. The van der Waals surface area contributed by atoms with E-state index < -0.39 is 6.09 Å². The van der Waals surface area contributed by atoms with Crippen molar-refractivity contribution >= 4 is 12.2 Å². The fourth-order valence-electron chi connectivity index (χ4n) is 2.32.